The number of hydrogen-bond donors (Lipinski definition) is 0. The normalized spacial score (nSPS) is 14.3. The van der Waals surface area contributed by atoms with Crippen molar-refractivity contribution in [1.82, 2.24) is 4.98 Å². The molecule has 7 heteroatoms. The maximum absolute atomic E-state index is 12.1. The SMILES string of the molecule is O=C1CCCN(Cc2ccc([N+](=O)[O-])cc2Cl)c2cccnc21. The summed E-state index contributed by atoms with van der Waals surface area (Å²) in [5.74, 6) is 0.0397. The van der Waals surface area contributed by atoms with Crippen molar-refractivity contribution in [2.75, 3.05) is 11.4 Å². The van der Waals surface area contributed by atoms with Gasteiger partial charge in [0.15, 0.2) is 5.78 Å². The molecule has 2 heterocycles. The summed E-state index contributed by atoms with van der Waals surface area (Å²) >= 11 is 6.18. The van der Waals surface area contributed by atoms with Crippen LogP contribution in [0.2, 0.25) is 5.02 Å². The standard InChI is InChI=1S/C16H14ClN3O3/c17-13-9-12(20(22)23)6-5-11(13)10-19-8-2-4-15(21)16-14(19)3-1-7-18-16/h1,3,5-7,9H,2,4,8,10H2. The lowest BCUT2D eigenvalue weighted by atomic mass is 10.1. The number of nitro groups is 1. The molecule has 0 saturated carbocycles. The van der Waals surface area contributed by atoms with E-state index >= 15 is 0 Å². The molecule has 118 valence electrons. The van der Waals surface area contributed by atoms with Gasteiger partial charge in [0.25, 0.3) is 5.69 Å². The first-order valence-corrected chi connectivity index (χ1v) is 7.60. The number of benzene rings is 1. The minimum atomic E-state index is -0.473. The van der Waals surface area contributed by atoms with Crippen LogP contribution in [0.25, 0.3) is 0 Å². The first kappa shape index (κ1) is 15.4. The lowest BCUT2D eigenvalue weighted by Gasteiger charge is -2.24. The Morgan fingerprint density at radius 2 is 2.17 bits per heavy atom. The minimum Gasteiger partial charge on any atom is -0.365 e. The van der Waals surface area contributed by atoms with Gasteiger partial charge in [0.2, 0.25) is 0 Å². The molecule has 0 radical (unpaired) electrons. The molecule has 1 aliphatic rings. The second-order valence-electron chi connectivity index (χ2n) is 5.35. The zero-order chi connectivity index (χ0) is 16.4. The van der Waals surface area contributed by atoms with E-state index in [1.165, 1.54) is 12.1 Å². The Kier molecular flexibility index (Phi) is 4.25. The number of anilines is 1. The third kappa shape index (κ3) is 3.17. The van der Waals surface area contributed by atoms with E-state index in [9.17, 15) is 14.9 Å². The van der Waals surface area contributed by atoms with Crippen molar-refractivity contribution in [3.05, 3.63) is 62.9 Å². The van der Waals surface area contributed by atoms with Crippen LogP contribution in [0.1, 0.15) is 28.9 Å². The van der Waals surface area contributed by atoms with Crippen molar-refractivity contribution in [2.45, 2.75) is 19.4 Å². The van der Waals surface area contributed by atoms with Gasteiger partial charge in [-0.2, -0.15) is 0 Å². The molecule has 2 aromatic rings. The molecule has 0 spiro atoms. The van der Waals surface area contributed by atoms with Crippen LogP contribution in [0.15, 0.2) is 36.5 Å². The fourth-order valence-corrected chi connectivity index (χ4v) is 2.92. The fourth-order valence-electron chi connectivity index (χ4n) is 2.68. The molecular formula is C16H14ClN3O3. The van der Waals surface area contributed by atoms with Gasteiger partial charge >= 0.3 is 0 Å². The summed E-state index contributed by atoms with van der Waals surface area (Å²) in [6.07, 6.45) is 2.81. The second kappa shape index (κ2) is 6.34. The zero-order valence-electron chi connectivity index (χ0n) is 12.2. The summed E-state index contributed by atoms with van der Waals surface area (Å²) < 4.78 is 0. The number of fused-ring (bicyclic) bond motifs is 1. The number of ketones is 1. The van der Waals surface area contributed by atoms with Gasteiger partial charge in [-0.3, -0.25) is 19.9 Å². The highest BCUT2D eigenvalue weighted by Gasteiger charge is 2.22. The molecule has 0 aliphatic carbocycles. The number of halogens is 1. The van der Waals surface area contributed by atoms with Crippen molar-refractivity contribution < 1.29 is 9.72 Å². The van der Waals surface area contributed by atoms with E-state index in [4.69, 9.17) is 11.6 Å². The van der Waals surface area contributed by atoms with Gasteiger partial charge in [-0.15, -0.1) is 0 Å². The Bertz CT molecular complexity index is 779. The molecule has 23 heavy (non-hydrogen) atoms. The number of pyridine rings is 1. The Balaban J connectivity index is 1.92. The van der Waals surface area contributed by atoms with Crippen LogP contribution in [-0.2, 0) is 6.54 Å². The Labute approximate surface area is 137 Å². The largest absolute Gasteiger partial charge is 0.365 e. The summed E-state index contributed by atoms with van der Waals surface area (Å²) in [7, 11) is 0. The predicted octanol–water partition coefficient (Wildman–Crippen LogP) is 3.63. The van der Waals surface area contributed by atoms with Gasteiger partial charge in [-0.05, 0) is 30.2 Å². The molecule has 1 aliphatic heterocycles. The lowest BCUT2D eigenvalue weighted by Crippen LogP contribution is -2.24. The molecule has 0 fully saturated rings. The second-order valence-corrected chi connectivity index (χ2v) is 5.76. The third-order valence-corrected chi connectivity index (χ3v) is 4.18. The van der Waals surface area contributed by atoms with Crippen LogP contribution in [-0.4, -0.2) is 22.2 Å². The number of rotatable bonds is 3. The number of carbonyl (C=O) groups is 1. The highest BCUT2D eigenvalue weighted by molar-refractivity contribution is 6.31. The van der Waals surface area contributed by atoms with Crippen molar-refractivity contribution >= 4 is 28.8 Å². The molecule has 0 N–H and O–H groups in total. The number of Topliss-reactive ketones (excluding diaryl/α,β-unsaturated/α-hetero) is 1. The van der Waals surface area contributed by atoms with E-state index < -0.39 is 4.92 Å². The highest BCUT2D eigenvalue weighted by Crippen LogP contribution is 2.29. The quantitative estimate of drug-likeness (QED) is 0.634. The summed E-state index contributed by atoms with van der Waals surface area (Å²) in [6.45, 7) is 1.18. The lowest BCUT2D eigenvalue weighted by molar-refractivity contribution is -0.384. The van der Waals surface area contributed by atoms with E-state index in [0.29, 0.717) is 30.2 Å². The van der Waals surface area contributed by atoms with Gasteiger partial charge in [0.1, 0.15) is 5.69 Å². The number of non-ortho nitro benzene ring substituents is 1. The van der Waals surface area contributed by atoms with Crippen LogP contribution in [0.3, 0.4) is 0 Å². The maximum atomic E-state index is 12.1. The summed E-state index contributed by atoms with van der Waals surface area (Å²) in [4.78, 5) is 28.7. The Morgan fingerprint density at radius 3 is 2.91 bits per heavy atom. The van der Waals surface area contributed by atoms with Gasteiger partial charge < -0.3 is 4.90 Å². The number of carbonyl (C=O) groups excluding carboxylic acids is 1. The smallest absolute Gasteiger partial charge is 0.270 e. The summed E-state index contributed by atoms with van der Waals surface area (Å²) in [5.41, 5.74) is 2.00. The number of hydrogen-bond acceptors (Lipinski definition) is 5. The average Bonchev–Trinajstić information content (AvgIpc) is 2.69. The molecule has 0 amide bonds. The number of nitrogens with zero attached hydrogens (tertiary/aromatic N) is 3. The van der Waals surface area contributed by atoms with E-state index in [-0.39, 0.29) is 11.5 Å². The van der Waals surface area contributed by atoms with Crippen LogP contribution in [0, 0.1) is 10.1 Å². The van der Waals surface area contributed by atoms with Gasteiger partial charge in [-0.25, -0.2) is 0 Å². The van der Waals surface area contributed by atoms with Crippen LogP contribution < -0.4 is 4.90 Å². The van der Waals surface area contributed by atoms with Gasteiger partial charge in [0.05, 0.1) is 15.6 Å². The van der Waals surface area contributed by atoms with Crippen molar-refractivity contribution in [3.63, 3.8) is 0 Å². The number of nitro benzene ring substituents is 1. The number of aromatic nitrogens is 1. The van der Waals surface area contributed by atoms with E-state index in [1.807, 2.05) is 11.0 Å². The molecule has 3 rings (SSSR count). The van der Waals surface area contributed by atoms with E-state index in [2.05, 4.69) is 4.98 Å². The third-order valence-electron chi connectivity index (χ3n) is 3.83. The molecular weight excluding hydrogens is 318 g/mol. The van der Waals surface area contributed by atoms with Crippen molar-refractivity contribution in [1.29, 1.82) is 0 Å². The molecule has 1 aromatic carbocycles. The maximum Gasteiger partial charge on any atom is 0.270 e. The first-order valence-electron chi connectivity index (χ1n) is 7.22. The van der Waals surface area contributed by atoms with Crippen LogP contribution in [0.5, 0.6) is 0 Å². The monoisotopic (exact) mass is 331 g/mol. The zero-order valence-corrected chi connectivity index (χ0v) is 13.0. The molecule has 6 nitrogen and oxygen atoms in total. The minimum absolute atomic E-state index is 0.0353. The van der Waals surface area contributed by atoms with Crippen molar-refractivity contribution in [2.24, 2.45) is 0 Å². The molecule has 0 saturated heterocycles. The molecule has 1 aromatic heterocycles. The molecule has 0 unspecified atom stereocenters. The average molecular weight is 332 g/mol. The van der Waals surface area contributed by atoms with E-state index in [0.717, 1.165) is 17.7 Å². The fraction of sp³-hybridized carbons (Fsp3) is 0.250. The Morgan fingerprint density at radius 1 is 1.35 bits per heavy atom. The molecule has 0 bridgehead atoms. The summed E-state index contributed by atoms with van der Waals surface area (Å²) in [6, 6.07) is 8.11. The molecule has 0 atom stereocenters. The van der Waals surface area contributed by atoms with E-state index in [1.54, 1.807) is 18.3 Å². The topological polar surface area (TPSA) is 76.3 Å². The summed E-state index contributed by atoms with van der Waals surface area (Å²) in [5, 5.41) is 11.1. The van der Waals surface area contributed by atoms with Gasteiger partial charge in [-0.1, -0.05) is 11.6 Å². The first-order chi connectivity index (χ1) is 11.1. The predicted molar refractivity (Wildman–Crippen MR) is 87.0 cm³/mol. The van der Waals surface area contributed by atoms with Crippen molar-refractivity contribution in [3.8, 4) is 0 Å². The highest BCUT2D eigenvalue weighted by atomic mass is 35.5. The van der Waals surface area contributed by atoms with Crippen LogP contribution in [0.4, 0.5) is 11.4 Å². The van der Waals surface area contributed by atoms with Crippen LogP contribution >= 0.6 is 11.6 Å². The van der Waals surface area contributed by atoms with Gasteiger partial charge in [0, 0.05) is 37.8 Å². The Hall–Kier alpha value is -2.47.